The van der Waals surface area contributed by atoms with Crippen molar-refractivity contribution in [1.82, 2.24) is 0 Å². The van der Waals surface area contributed by atoms with Crippen molar-refractivity contribution >= 4 is 9.84 Å². The van der Waals surface area contributed by atoms with E-state index in [2.05, 4.69) is 26.0 Å². The third-order valence-corrected chi connectivity index (χ3v) is 3.81. The highest BCUT2D eigenvalue weighted by molar-refractivity contribution is 7.90. The minimum atomic E-state index is -2.93. The van der Waals surface area contributed by atoms with Crippen LogP contribution in [0.3, 0.4) is 0 Å². The SMILES string of the molecule is CC(C)c1ccc(C(N)CCS(C)(=O)=O)cc1. The molecule has 0 saturated heterocycles. The van der Waals surface area contributed by atoms with Crippen LogP contribution in [0.15, 0.2) is 24.3 Å². The molecule has 2 N–H and O–H groups in total. The van der Waals surface area contributed by atoms with E-state index < -0.39 is 9.84 Å². The maximum atomic E-state index is 11.1. The number of benzene rings is 1. The first-order chi connectivity index (χ1) is 7.79. The van der Waals surface area contributed by atoms with Crippen molar-refractivity contribution in [2.45, 2.75) is 32.2 Å². The van der Waals surface area contributed by atoms with Gasteiger partial charge in [0, 0.05) is 12.3 Å². The van der Waals surface area contributed by atoms with E-state index >= 15 is 0 Å². The fraction of sp³-hybridized carbons (Fsp3) is 0.538. The Balaban J connectivity index is 2.67. The third kappa shape index (κ3) is 4.88. The molecule has 0 bridgehead atoms. The molecule has 4 heteroatoms. The van der Waals surface area contributed by atoms with E-state index in [9.17, 15) is 8.42 Å². The third-order valence-electron chi connectivity index (χ3n) is 2.83. The smallest absolute Gasteiger partial charge is 0.147 e. The molecule has 0 amide bonds. The van der Waals surface area contributed by atoms with Crippen molar-refractivity contribution in [3.63, 3.8) is 0 Å². The maximum Gasteiger partial charge on any atom is 0.147 e. The van der Waals surface area contributed by atoms with E-state index in [1.807, 2.05) is 12.1 Å². The van der Waals surface area contributed by atoms with E-state index in [-0.39, 0.29) is 11.8 Å². The Morgan fingerprint density at radius 3 is 2.00 bits per heavy atom. The van der Waals surface area contributed by atoms with Crippen LogP contribution in [0.25, 0.3) is 0 Å². The summed E-state index contributed by atoms with van der Waals surface area (Å²) in [7, 11) is -2.93. The molecular weight excluding hydrogens is 234 g/mol. The molecule has 1 atom stereocenters. The highest BCUT2D eigenvalue weighted by Gasteiger charge is 2.10. The van der Waals surface area contributed by atoms with Gasteiger partial charge in [0.2, 0.25) is 0 Å². The standard InChI is InChI=1S/C13H21NO2S/c1-10(2)11-4-6-12(7-5-11)13(14)8-9-17(3,15)16/h4-7,10,13H,8-9,14H2,1-3H3. The summed E-state index contributed by atoms with van der Waals surface area (Å²) in [5, 5.41) is 0. The van der Waals surface area contributed by atoms with Gasteiger partial charge in [-0.05, 0) is 23.5 Å². The second kappa shape index (κ2) is 5.65. The van der Waals surface area contributed by atoms with Crippen molar-refractivity contribution in [1.29, 1.82) is 0 Å². The van der Waals surface area contributed by atoms with Crippen molar-refractivity contribution in [3.05, 3.63) is 35.4 Å². The minimum absolute atomic E-state index is 0.139. The summed E-state index contributed by atoms with van der Waals surface area (Å²) < 4.78 is 22.1. The topological polar surface area (TPSA) is 60.2 Å². The molecule has 0 fully saturated rings. The van der Waals surface area contributed by atoms with Gasteiger partial charge in [0.1, 0.15) is 9.84 Å². The number of sulfone groups is 1. The molecule has 0 heterocycles. The molecule has 0 radical (unpaired) electrons. The molecule has 17 heavy (non-hydrogen) atoms. The van der Waals surface area contributed by atoms with E-state index in [4.69, 9.17) is 5.73 Å². The van der Waals surface area contributed by atoms with Gasteiger partial charge in [-0.1, -0.05) is 38.1 Å². The van der Waals surface area contributed by atoms with Gasteiger partial charge in [-0.2, -0.15) is 0 Å². The molecule has 0 aliphatic heterocycles. The Morgan fingerprint density at radius 2 is 1.59 bits per heavy atom. The van der Waals surface area contributed by atoms with Gasteiger partial charge in [0.15, 0.2) is 0 Å². The average molecular weight is 255 g/mol. The fourth-order valence-corrected chi connectivity index (χ4v) is 2.32. The molecule has 0 aromatic heterocycles. The van der Waals surface area contributed by atoms with Crippen LogP contribution in [0.2, 0.25) is 0 Å². The van der Waals surface area contributed by atoms with Gasteiger partial charge in [-0.25, -0.2) is 8.42 Å². The Labute approximate surface area is 104 Å². The molecule has 0 aliphatic rings. The molecule has 0 saturated carbocycles. The van der Waals surface area contributed by atoms with Crippen molar-refractivity contribution < 1.29 is 8.42 Å². The fourth-order valence-electron chi connectivity index (χ4n) is 1.64. The quantitative estimate of drug-likeness (QED) is 0.877. The number of rotatable bonds is 5. The largest absolute Gasteiger partial charge is 0.324 e. The zero-order chi connectivity index (χ0) is 13.1. The Hall–Kier alpha value is -0.870. The van der Waals surface area contributed by atoms with E-state index in [0.717, 1.165) is 5.56 Å². The number of nitrogens with two attached hydrogens (primary N) is 1. The molecule has 1 aromatic rings. The number of hydrogen-bond donors (Lipinski definition) is 1. The van der Waals surface area contributed by atoms with Gasteiger partial charge in [-0.15, -0.1) is 0 Å². The Bertz CT molecular complexity index is 449. The van der Waals surface area contributed by atoms with Crippen LogP contribution in [0.5, 0.6) is 0 Å². The lowest BCUT2D eigenvalue weighted by molar-refractivity contribution is 0.591. The normalized spacial score (nSPS) is 13.9. The summed E-state index contributed by atoms with van der Waals surface area (Å²) >= 11 is 0. The first kappa shape index (κ1) is 14.2. The average Bonchev–Trinajstić information content (AvgIpc) is 2.25. The van der Waals surface area contributed by atoms with Crippen LogP contribution in [0.4, 0.5) is 0 Å². The molecule has 1 rings (SSSR count). The summed E-state index contributed by atoms with van der Waals surface area (Å²) in [6, 6.07) is 7.89. The first-order valence-electron chi connectivity index (χ1n) is 5.83. The van der Waals surface area contributed by atoms with Crippen molar-refractivity contribution in [2.75, 3.05) is 12.0 Å². The maximum absolute atomic E-state index is 11.1. The second-order valence-electron chi connectivity index (χ2n) is 4.85. The zero-order valence-corrected chi connectivity index (χ0v) is 11.5. The minimum Gasteiger partial charge on any atom is -0.324 e. The lowest BCUT2D eigenvalue weighted by atomic mass is 9.98. The molecular formula is C13H21NO2S. The van der Waals surface area contributed by atoms with Crippen molar-refractivity contribution in [3.8, 4) is 0 Å². The summed E-state index contributed by atoms with van der Waals surface area (Å²) in [4.78, 5) is 0. The molecule has 0 spiro atoms. The van der Waals surface area contributed by atoms with Crippen LogP contribution < -0.4 is 5.73 Å². The van der Waals surface area contributed by atoms with Gasteiger partial charge < -0.3 is 5.73 Å². The Morgan fingerprint density at radius 1 is 1.12 bits per heavy atom. The zero-order valence-electron chi connectivity index (χ0n) is 10.7. The second-order valence-corrected chi connectivity index (χ2v) is 7.11. The Kier molecular flexibility index (Phi) is 4.71. The molecule has 0 aliphatic carbocycles. The summed E-state index contributed by atoms with van der Waals surface area (Å²) in [6.45, 7) is 4.27. The van der Waals surface area contributed by atoms with Gasteiger partial charge in [-0.3, -0.25) is 0 Å². The highest BCUT2D eigenvalue weighted by Crippen LogP contribution is 2.19. The van der Waals surface area contributed by atoms with E-state index in [1.54, 1.807) is 0 Å². The van der Waals surface area contributed by atoms with Crippen LogP contribution in [0.1, 0.15) is 43.4 Å². The molecule has 96 valence electrons. The van der Waals surface area contributed by atoms with Crippen molar-refractivity contribution in [2.24, 2.45) is 5.73 Å². The van der Waals surface area contributed by atoms with E-state index in [0.29, 0.717) is 12.3 Å². The summed E-state index contributed by atoms with van der Waals surface area (Å²) in [5.41, 5.74) is 8.23. The van der Waals surface area contributed by atoms with Gasteiger partial charge in [0.25, 0.3) is 0 Å². The van der Waals surface area contributed by atoms with Crippen LogP contribution >= 0.6 is 0 Å². The monoisotopic (exact) mass is 255 g/mol. The predicted octanol–water partition coefficient (Wildman–Crippen LogP) is 2.24. The lowest BCUT2D eigenvalue weighted by Crippen LogP contribution is -2.15. The van der Waals surface area contributed by atoms with Crippen LogP contribution in [-0.4, -0.2) is 20.4 Å². The van der Waals surface area contributed by atoms with Crippen LogP contribution in [0, 0.1) is 0 Å². The molecule has 1 aromatic carbocycles. The van der Waals surface area contributed by atoms with Gasteiger partial charge in [0.05, 0.1) is 5.75 Å². The first-order valence-corrected chi connectivity index (χ1v) is 7.89. The van der Waals surface area contributed by atoms with Gasteiger partial charge >= 0.3 is 0 Å². The van der Waals surface area contributed by atoms with E-state index in [1.165, 1.54) is 11.8 Å². The molecule has 3 nitrogen and oxygen atoms in total. The highest BCUT2D eigenvalue weighted by atomic mass is 32.2. The van der Waals surface area contributed by atoms with Crippen LogP contribution in [-0.2, 0) is 9.84 Å². The summed E-state index contributed by atoms with van der Waals surface area (Å²) in [6.07, 6.45) is 1.71. The molecule has 1 unspecified atom stereocenters. The summed E-state index contributed by atoms with van der Waals surface area (Å²) in [5.74, 6) is 0.636. The number of hydrogen-bond acceptors (Lipinski definition) is 3. The predicted molar refractivity (Wildman–Crippen MR) is 71.8 cm³/mol. The lowest BCUT2D eigenvalue weighted by Gasteiger charge is -2.13.